The van der Waals surface area contributed by atoms with Gasteiger partial charge in [0.2, 0.25) is 5.82 Å². The van der Waals surface area contributed by atoms with Gasteiger partial charge in [-0.1, -0.05) is 0 Å². The van der Waals surface area contributed by atoms with Crippen molar-refractivity contribution in [3.05, 3.63) is 52.1 Å². The number of benzene rings is 1. The molecule has 1 heterocycles. The maximum Gasteiger partial charge on any atom is 0.306 e. The summed E-state index contributed by atoms with van der Waals surface area (Å²) in [6.45, 7) is 1.86. The molecular weight excluding hydrogens is 279 g/mol. The first kappa shape index (κ1) is 15.1. The number of nitro benzene ring substituents is 1. The zero-order valence-corrected chi connectivity index (χ0v) is 11.5. The lowest BCUT2D eigenvalue weighted by Crippen LogP contribution is -2.18. The summed E-state index contributed by atoms with van der Waals surface area (Å²) in [6.07, 6.45) is 1.67. The van der Waals surface area contributed by atoms with Gasteiger partial charge in [0.25, 0.3) is 0 Å². The highest BCUT2D eigenvalue weighted by atomic mass is 19.1. The van der Waals surface area contributed by atoms with E-state index in [4.69, 9.17) is 4.74 Å². The molecule has 7 nitrogen and oxygen atoms in total. The van der Waals surface area contributed by atoms with Gasteiger partial charge in [-0.3, -0.25) is 10.1 Å². The quantitative estimate of drug-likeness (QED) is 0.477. The third kappa shape index (κ3) is 3.83. The van der Waals surface area contributed by atoms with Crippen molar-refractivity contribution in [1.29, 1.82) is 0 Å². The van der Waals surface area contributed by atoms with Crippen molar-refractivity contribution in [3.8, 4) is 5.69 Å². The second-order valence-corrected chi connectivity index (χ2v) is 4.31. The number of methoxy groups -OCH3 is 1. The van der Waals surface area contributed by atoms with E-state index in [0.29, 0.717) is 25.4 Å². The van der Waals surface area contributed by atoms with E-state index in [2.05, 4.69) is 10.4 Å². The van der Waals surface area contributed by atoms with Crippen LogP contribution in [0.25, 0.3) is 5.69 Å². The zero-order valence-electron chi connectivity index (χ0n) is 11.5. The van der Waals surface area contributed by atoms with Crippen LogP contribution in [0.15, 0.2) is 30.5 Å². The van der Waals surface area contributed by atoms with E-state index in [9.17, 15) is 14.5 Å². The number of nitrogens with zero attached hydrogens (tertiary/aromatic N) is 3. The Balaban J connectivity index is 2.10. The van der Waals surface area contributed by atoms with Crippen LogP contribution in [0, 0.1) is 15.9 Å². The van der Waals surface area contributed by atoms with Crippen LogP contribution >= 0.6 is 0 Å². The molecule has 0 saturated heterocycles. The van der Waals surface area contributed by atoms with Gasteiger partial charge in [0, 0.05) is 32.5 Å². The van der Waals surface area contributed by atoms with Crippen molar-refractivity contribution in [3.63, 3.8) is 0 Å². The number of aromatic nitrogens is 2. The monoisotopic (exact) mass is 294 g/mol. The van der Waals surface area contributed by atoms with Gasteiger partial charge in [0.05, 0.1) is 22.9 Å². The second-order valence-electron chi connectivity index (χ2n) is 4.31. The fourth-order valence-electron chi connectivity index (χ4n) is 1.77. The number of halogens is 1. The molecule has 0 fully saturated rings. The number of nitrogens with one attached hydrogen (secondary N) is 1. The molecule has 1 aromatic carbocycles. The molecule has 8 heteroatoms. The number of hydrogen-bond acceptors (Lipinski definition) is 5. The summed E-state index contributed by atoms with van der Waals surface area (Å²) in [5, 5.41) is 18.1. The fraction of sp³-hybridized carbons (Fsp3) is 0.308. The molecule has 0 spiro atoms. The van der Waals surface area contributed by atoms with Crippen LogP contribution in [-0.2, 0) is 11.3 Å². The Morgan fingerprint density at radius 2 is 2.29 bits per heavy atom. The van der Waals surface area contributed by atoms with E-state index >= 15 is 0 Å². The van der Waals surface area contributed by atoms with Gasteiger partial charge >= 0.3 is 5.69 Å². The Kier molecular flexibility index (Phi) is 4.96. The second kappa shape index (κ2) is 6.91. The van der Waals surface area contributed by atoms with Crippen LogP contribution < -0.4 is 5.32 Å². The summed E-state index contributed by atoms with van der Waals surface area (Å²) < 4.78 is 19.7. The van der Waals surface area contributed by atoms with Gasteiger partial charge in [0.1, 0.15) is 0 Å². The Morgan fingerprint density at radius 1 is 1.48 bits per heavy atom. The topological polar surface area (TPSA) is 82.2 Å². The van der Waals surface area contributed by atoms with Crippen molar-refractivity contribution >= 4 is 5.69 Å². The molecule has 0 amide bonds. The van der Waals surface area contributed by atoms with Crippen LogP contribution in [0.2, 0.25) is 0 Å². The van der Waals surface area contributed by atoms with E-state index in [1.54, 1.807) is 19.4 Å². The lowest BCUT2D eigenvalue weighted by Gasteiger charge is -2.03. The molecule has 112 valence electrons. The maximum atomic E-state index is 13.3. The molecule has 1 N–H and O–H groups in total. The third-order valence-corrected chi connectivity index (χ3v) is 2.82. The summed E-state index contributed by atoms with van der Waals surface area (Å²) in [5.41, 5.74) is 0.645. The van der Waals surface area contributed by atoms with Gasteiger partial charge in [-0.15, -0.1) is 0 Å². The molecule has 0 aliphatic heterocycles. The third-order valence-electron chi connectivity index (χ3n) is 2.82. The Hall–Kier alpha value is -2.32. The number of hydrogen-bond donors (Lipinski definition) is 1. The van der Waals surface area contributed by atoms with Crippen LogP contribution in [0.1, 0.15) is 5.69 Å². The average molecular weight is 294 g/mol. The Bertz CT molecular complexity index is 630. The highest BCUT2D eigenvalue weighted by Gasteiger charge is 2.15. The van der Waals surface area contributed by atoms with Crippen molar-refractivity contribution in [1.82, 2.24) is 15.1 Å². The predicted octanol–water partition coefficient (Wildman–Crippen LogP) is 1.66. The highest BCUT2D eigenvalue weighted by molar-refractivity contribution is 5.43. The SMILES string of the molecule is COCCNCc1ccn(-c2ccc(F)c([N+](=O)[O-])c2)n1. The first-order valence-corrected chi connectivity index (χ1v) is 6.30. The summed E-state index contributed by atoms with van der Waals surface area (Å²) in [4.78, 5) is 9.97. The smallest absolute Gasteiger partial charge is 0.306 e. The minimum Gasteiger partial charge on any atom is -0.383 e. The van der Waals surface area contributed by atoms with Gasteiger partial charge in [-0.05, 0) is 18.2 Å². The van der Waals surface area contributed by atoms with Crippen molar-refractivity contribution in [2.75, 3.05) is 20.3 Å². The normalized spacial score (nSPS) is 10.8. The number of ether oxygens (including phenoxy) is 1. The lowest BCUT2D eigenvalue weighted by molar-refractivity contribution is -0.387. The first-order chi connectivity index (χ1) is 10.1. The van der Waals surface area contributed by atoms with E-state index in [-0.39, 0.29) is 0 Å². The Morgan fingerprint density at radius 3 is 3.00 bits per heavy atom. The van der Waals surface area contributed by atoms with E-state index in [0.717, 1.165) is 17.8 Å². The molecule has 0 aliphatic carbocycles. The molecule has 0 radical (unpaired) electrons. The van der Waals surface area contributed by atoms with Gasteiger partial charge in [0.15, 0.2) is 0 Å². The largest absolute Gasteiger partial charge is 0.383 e. The zero-order chi connectivity index (χ0) is 15.2. The fourth-order valence-corrected chi connectivity index (χ4v) is 1.77. The standard InChI is InChI=1S/C13H15FN4O3/c1-21-7-5-15-9-10-4-6-17(16-10)11-2-3-12(14)13(8-11)18(19)20/h2-4,6,8,15H,5,7,9H2,1H3. The number of nitro groups is 1. The minimum absolute atomic E-state index is 0.436. The van der Waals surface area contributed by atoms with Crippen LogP contribution in [0.4, 0.5) is 10.1 Å². The maximum absolute atomic E-state index is 13.3. The number of rotatable bonds is 7. The summed E-state index contributed by atoms with van der Waals surface area (Å²) in [5.74, 6) is -0.864. The highest BCUT2D eigenvalue weighted by Crippen LogP contribution is 2.20. The minimum atomic E-state index is -0.864. The van der Waals surface area contributed by atoms with Crippen LogP contribution in [0.5, 0.6) is 0 Å². The molecule has 0 aliphatic rings. The van der Waals surface area contributed by atoms with E-state index in [1.807, 2.05) is 0 Å². The summed E-state index contributed by atoms with van der Waals surface area (Å²) >= 11 is 0. The average Bonchev–Trinajstić information content (AvgIpc) is 2.92. The van der Waals surface area contributed by atoms with E-state index < -0.39 is 16.4 Å². The molecular formula is C13H15FN4O3. The molecule has 1 aromatic heterocycles. The molecule has 2 rings (SSSR count). The van der Waals surface area contributed by atoms with Crippen LogP contribution in [-0.4, -0.2) is 35.0 Å². The van der Waals surface area contributed by atoms with Gasteiger partial charge in [-0.25, -0.2) is 4.68 Å². The van der Waals surface area contributed by atoms with Crippen LogP contribution in [0.3, 0.4) is 0 Å². The molecule has 21 heavy (non-hydrogen) atoms. The van der Waals surface area contributed by atoms with Crippen molar-refractivity contribution < 1.29 is 14.1 Å². The van der Waals surface area contributed by atoms with Gasteiger partial charge in [-0.2, -0.15) is 9.49 Å². The lowest BCUT2D eigenvalue weighted by atomic mass is 10.2. The van der Waals surface area contributed by atoms with Gasteiger partial charge < -0.3 is 10.1 Å². The summed E-state index contributed by atoms with van der Waals surface area (Å²) in [6, 6.07) is 5.45. The molecule has 0 bridgehead atoms. The first-order valence-electron chi connectivity index (χ1n) is 6.30. The Labute approximate surface area is 120 Å². The molecule has 0 saturated carbocycles. The van der Waals surface area contributed by atoms with E-state index in [1.165, 1.54) is 10.7 Å². The molecule has 0 unspecified atom stereocenters. The van der Waals surface area contributed by atoms with Crippen molar-refractivity contribution in [2.45, 2.75) is 6.54 Å². The predicted molar refractivity (Wildman–Crippen MR) is 73.8 cm³/mol. The molecule has 0 atom stereocenters. The van der Waals surface area contributed by atoms with Crippen molar-refractivity contribution in [2.24, 2.45) is 0 Å². The summed E-state index contributed by atoms with van der Waals surface area (Å²) in [7, 11) is 1.62. The molecule has 2 aromatic rings.